The van der Waals surface area contributed by atoms with Crippen molar-refractivity contribution in [3.63, 3.8) is 0 Å². The smallest absolute Gasteiger partial charge is 0.115 e. The van der Waals surface area contributed by atoms with Crippen molar-refractivity contribution in [2.75, 3.05) is 6.61 Å². The average Bonchev–Trinajstić information content (AvgIpc) is 3.39. The van der Waals surface area contributed by atoms with Crippen molar-refractivity contribution >= 4 is 0 Å². The van der Waals surface area contributed by atoms with E-state index >= 15 is 0 Å². The highest BCUT2D eigenvalue weighted by molar-refractivity contribution is 5.52. The molecule has 5 unspecified atom stereocenters. The van der Waals surface area contributed by atoms with Gasteiger partial charge in [-0.25, -0.2) is 0 Å². The maximum absolute atomic E-state index is 14.0. The topological polar surface area (TPSA) is 66.4 Å². The van der Waals surface area contributed by atoms with Crippen molar-refractivity contribution in [1.82, 2.24) is 0 Å². The van der Waals surface area contributed by atoms with Crippen molar-refractivity contribution in [2.24, 2.45) is 0 Å². The summed E-state index contributed by atoms with van der Waals surface area (Å²) in [6, 6.07) is 81.2. The van der Waals surface area contributed by atoms with Crippen LogP contribution in [0, 0.1) is 0 Å². The molecule has 0 fully saturated rings. The zero-order valence-electron chi connectivity index (χ0n) is 37.2. The maximum Gasteiger partial charge on any atom is 0.115 e. The van der Waals surface area contributed by atoms with Crippen LogP contribution in [0.15, 0.2) is 243 Å². The second kappa shape index (κ2) is 24.2. The molecule has 8 aromatic rings. The van der Waals surface area contributed by atoms with Gasteiger partial charge in [-0.15, -0.1) is 0 Å². The molecule has 0 aliphatic heterocycles. The lowest BCUT2D eigenvalue weighted by Crippen LogP contribution is -2.59. The number of aliphatic hydroxyl groups is 1. The summed E-state index contributed by atoms with van der Waals surface area (Å²) in [4.78, 5) is 0. The van der Waals surface area contributed by atoms with Gasteiger partial charge in [0.05, 0.1) is 45.1 Å². The minimum Gasteiger partial charge on any atom is -0.389 e. The first-order chi connectivity index (χ1) is 32.7. The van der Waals surface area contributed by atoms with E-state index in [1.54, 1.807) is 0 Å². The largest absolute Gasteiger partial charge is 0.389 e. The summed E-state index contributed by atoms with van der Waals surface area (Å²) in [5.41, 5.74) is 6.46. The van der Waals surface area contributed by atoms with Crippen LogP contribution in [0.1, 0.15) is 44.5 Å². The molecule has 8 rings (SSSR count). The van der Waals surface area contributed by atoms with Gasteiger partial charge in [0.2, 0.25) is 0 Å². The molecule has 66 heavy (non-hydrogen) atoms. The molecule has 5 atom stereocenters. The van der Waals surface area contributed by atoms with Gasteiger partial charge in [-0.2, -0.15) is 0 Å². The zero-order chi connectivity index (χ0) is 45.1. The molecule has 334 valence electrons. The quantitative estimate of drug-likeness (QED) is 0.0610. The number of ether oxygens (including phenoxy) is 5. The Bertz CT molecular complexity index is 2430. The molecule has 0 aliphatic rings. The van der Waals surface area contributed by atoms with Crippen molar-refractivity contribution in [2.45, 2.75) is 69.0 Å². The van der Waals surface area contributed by atoms with Gasteiger partial charge < -0.3 is 28.8 Å². The fourth-order valence-electron chi connectivity index (χ4n) is 8.70. The first-order valence-corrected chi connectivity index (χ1v) is 22.8. The van der Waals surface area contributed by atoms with E-state index in [4.69, 9.17) is 23.7 Å². The van der Waals surface area contributed by atoms with Crippen molar-refractivity contribution in [3.05, 3.63) is 287 Å². The predicted molar refractivity (Wildman–Crippen MR) is 261 cm³/mol. The van der Waals surface area contributed by atoms with Gasteiger partial charge in [-0.05, 0) is 44.5 Å². The van der Waals surface area contributed by atoms with E-state index in [0.717, 1.165) is 44.5 Å². The first-order valence-electron chi connectivity index (χ1n) is 22.8. The second-order valence-electron chi connectivity index (χ2n) is 16.5. The summed E-state index contributed by atoms with van der Waals surface area (Å²) >= 11 is 0. The summed E-state index contributed by atoms with van der Waals surface area (Å²) in [5.74, 6) is 0. The van der Waals surface area contributed by atoms with E-state index in [1.807, 2.05) is 182 Å². The first kappa shape index (κ1) is 46.1. The van der Waals surface area contributed by atoms with Gasteiger partial charge in [0, 0.05) is 0 Å². The molecule has 0 aromatic heterocycles. The molecule has 0 heterocycles. The highest BCUT2D eigenvalue weighted by atomic mass is 16.6. The molecule has 0 spiro atoms. The monoisotopic (exact) mass is 874 g/mol. The minimum atomic E-state index is -1.27. The van der Waals surface area contributed by atoms with Crippen LogP contribution in [0.3, 0.4) is 0 Å². The van der Waals surface area contributed by atoms with Crippen molar-refractivity contribution in [1.29, 1.82) is 0 Å². The summed E-state index contributed by atoms with van der Waals surface area (Å²) in [6.45, 7) is 1.45. The van der Waals surface area contributed by atoms with Crippen molar-refractivity contribution < 1.29 is 28.8 Å². The molecule has 0 aliphatic carbocycles. The van der Waals surface area contributed by atoms with Gasteiger partial charge in [0.1, 0.15) is 30.5 Å². The Morgan fingerprint density at radius 2 is 0.576 bits per heavy atom. The van der Waals surface area contributed by atoms with Gasteiger partial charge in [-0.1, -0.05) is 243 Å². The minimum absolute atomic E-state index is 0.162. The highest BCUT2D eigenvalue weighted by Crippen LogP contribution is 2.45. The van der Waals surface area contributed by atoms with Crippen LogP contribution in [0.4, 0.5) is 0 Å². The molecule has 1 N–H and O–H groups in total. The molecule has 0 bridgehead atoms. The Morgan fingerprint density at radius 3 is 0.924 bits per heavy atom. The number of hydrogen-bond acceptors (Lipinski definition) is 6. The summed E-state index contributed by atoms with van der Waals surface area (Å²) in [5, 5.41) is 14.0. The lowest BCUT2D eigenvalue weighted by molar-refractivity contribution is -0.219. The Hall–Kier alpha value is -6.48. The average molecular weight is 875 g/mol. The molecule has 6 heteroatoms. The van der Waals surface area contributed by atoms with E-state index in [0.29, 0.717) is 6.61 Å². The number of aliphatic hydroxyl groups excluding tert-OH is 1. The molecule has 0 radical (unpaired) electrons. The Morgan fingerprint density at radius 1 is 0.303 bits per heavy atom. The summed E-state index contributed by atoms with van der Waals surface area (Å²) < 4.78 is 35.4. The Balaban J connectivity index is 1.31. The second-order valence-corrected chi connectivity index (χ2v) is 16.5. The lowest BCUT2D eigenvalue weighted by Gasteiger charge is -2.46. The van der Waals surface area contributed by atoms with E-state index in [-0.39, 0.29) is 33.0 Å². The van der Waals surface area contributed by atoms with Crippen LogP contribution in [0.25, 0.3) is 0 Å². The SMILES string of the molecule is OC(C(OCc1ccccc1)C(OCc1ccccc1)C(OCc1ccccc1)C(COCc1ccccc1)OCc1ccccc1)C(c1ccccc1)(c1ccccc1)c1ccccc1. The van der Waals surface area contributed by atoms with Gasteiger partial charge in [-0.3, -0.25) is 0 Å². The third kappa shape index (κ3) is 12.0. The normalized spacial score (nSPS) is 13.9. The lowest BCUT2D eigenvalue weighted by atomic mass is 9.63. The van der Waals surface area contributed by atoms with Gasteiger partial charge in [0.25, 0.3) is 0 Å². The molecule has 0 saturated heterocycles. The van der Waals surface area contributed by atoms with Crippen LogP contribution in [0.5, 0.6) is 0 Å². The zero-order valence-corrected chi connectivity index (χ0v) is 37.2. The molecule has 0 amide bonds. The van der Waals surface area contributed by atoms with E-state index in [1.165, 1.54) is 0 Å². The van der Waals surface area contributed by atoms with Crippen LogP contribution >= 0.6 is 0 Å². The van der Waals surface area contributed by atoms with E-state index in [2.05, 4.69) is 60.7 Å². The highest BCUT2D eigenvalue weighted by Gasteiger charge is 2.52. The summed E-state index contributed by atoms with van der Waals surface area (Å²) in [6.07, 6.45) is -4.79. The van der Waals surface area contributed by atoms with Crippen LogP contribution in [0.2, 0.25) is 0 Å². The van der Waals surface area contributed by atoms with Crippen LogP contribution in [-0.2, 0) is 62.1 Å². The molecule has 8 aromatic carbocycles. The molecule has 6 nitrogen and oxygen atoms in total. The van der Waals surface area contributed by atoms with Gasteiger partial charge >= 0.3 is 0 Å². The number of hydrogen-bond donors (Lipinski definition) is 1. The molecular formula is C60H58O6. The van der Waals surface area contributed by atoms with Crippen LogP contribution < -0.4 is 0 Å². The number of rotatable bonds is 24. The maximum atomic E-state index is 14.0. The standard InChI is InChI=1S/C60H58O6/c61-59(60(52-35-19-6-20-36-52,53-37-21-7-22-38-53)54-39-23-8-24-40-54)58(66-45-51-33-17-5-18-34-51)57(65-44-50-31-15-4-16-32-50)56(64-43-49-29-13-3-14-30-49)55(63-42-48-27-11-2-12-28-48)46-62-41-47-25-9-1-10-26-47/h1-40,55-59,61H,41-46H2. The number of benzene rings is 8. The van der Waals surface area contributed by atoms with Crippen LogP contribution in [-0.4, -0.2) is 42.2 Å². The fourth-order valence-corrected chi connectivity index (χ4v) is 8.70. The fraction of sp³-hybridized carbons (Fsp3) is 0.200. The van der Waals surface area contributed by atoms with Crippen molar-refractivity contribution in [3.8, 4) is 0 Å². The third-order valence-electron chi connectivity index (χ3n) is 12.0. The Labute approximate surface area is 390 Å². The van der Waals surface area contributed by atoms with E-state index < -0.39 is 35.9 Å². The molecule has 0 saturated carbocycles. The van der Waals surface area contributed by atoms with E-state index in [9.17, 15) is 5.11 Å². The van der Waals surface area contributed by atoms with Gasteiger partial charge in [0.15, 0.2) is 0 Å². The predicted octanol–water partition coefficient (Wildman–Crippen LogP) is 11.9. The summed E-state index contributed by atoms with van der Waals surface area (Å²) in [7, 11) is 0. The third-order valence-corrected chi connectivity index (χ3v) is 12.0. The molecular weight excluding hydrogens is 817 g/mol. The Kier molecular flexibility index (Phi) is 16.9.